The molecule has 0 fully saturated rings. The Bertz CT molecular complexity index is 554. The molecule has 0 aliphatic rings. The minimum absolute atomic E-state index is 0.727. The molecule has 1 heterocycles. The van der Waals surface area contributed by atoms with E-state index in [2.05, 4.69) is 42.3 Å². The number of nitrogens with one attached hydrogen (secondary N) is 1. The molecular weight excluding hydrogens is 234 g/mol. The molecule has 0 unspecified atom stereocenters. The molecule has 3 N–H and O–H groups in total. The van der Waals surface area contributed by atoms with Crippen LogP contribution in [0.4, 0.5) is 17.2 Å². The van der Waals surface area contributed by atoms with Crippen molar-refractivity contribution < 1.29 is 0 Å². The number of hydrogen-bond acceptors (Lipinski definition) is 3. The molecule has 1 aromatic heterocycles. The van der Waals surface area contributed by atoms with Crippen LogP contribution in [-0.2, 0) is 12.8 Å². The van der Waals surface area contributed by atoms with Crippen molar-refractivity contribution in [2.75, 3.05) is 11.1 Å². The van der Waals surface area contributed by atoms with Gasteiger partial charge >= 0.3 is 0 Å². The lowest BCUT2D eigenvalue weighted by Crippen LogP contribution is -2.03. The molecule has 3 heteroatoms. The van der Waals surface area contributed by atoms with Crippen LogP contribution < -0.4 is 11.1 Å². The second kappa shape index (κ2) is 5.74. The summed E-state index contributed by atoms with van der Waals surface area (Å²) in [6.45, 7) is 6.26. The smallest absolute Gasteiger partial charge is 0.130 e. The van der Waals surface area contributed by atoms with E-state index in [1.807, 2.05) is 19.1 Å². The maximum atomic E-state index is 5.80. The molecular formula is C16H21N3. The van der Waals surface area contributed by atoms with Crippen molar-refractivity contribution in [1.29, 1.82) is 0 Å². The molecule has 0 spiro atoms. The first kappa shape index (κ1) is 13.4. The van der Waals surface area contributed by atoms with E-state index in [1.165, 1.54) is 16.8 Å². The number of aromatic nitrogens is 1. The lowest BCUT2D eigenvalue weighted by Gasteiger charge is -2.15. The standard InChI is InChI=1S/C16H21N3/c1-4-12-7-6-8-13(5-2)16(12)19-15-10-9-14(17)11(3)18-15/h6-10H,4-5,17H2,1-3H3,(H,18,19). The van der Waals surface area contributed by atoms with E-state index in [4.69, 9.17) is 5.73 Å². The van der Waals surface area contributed by atoms with Gasteiger partial charge in [0.15, 0.2) is 0 Å². The highest BCUT2D eigenvalue weighted by Gasteiger charge is 2.07. The zero-order chi connectivity index (χ0) is 13.8. The van der Waals surface area contributed by atoms with E-state index in [9.17, 15) is 0 Å². The summed E-state index contributed by atoms with van der Waals surface area (Å²) in [7, 11) is 0. The molecule has 100 valence electrons. The second-order valence-electron chi connectivity index (χ2n) is 4.65. The van der Waals surface area contributed by atoms with Gasteiger partial charge in [-0.2, -0.15) is 0 Å². The van der Waals surface area contributed by atoms with Gasteiger partial charge in [-0.05, 0) is 43.0 Å². The quantitative estimate of drug-likeness (QED) is 0.872. The maximum Gasteiger partial charge on any atom is 0.130 e. The number of para-hydroxylation sites is 1. The Balaban J connectivity index is 2.39. The Morgan fingerprint density at radius 1 is 1.05 bits per heavy atom. The Labute approximate surface area is 114 Å². The van der Waals surface area contributed by atoms with Gasteiger partial charge in [0.25, 0.3) is 0 Å². The molecule has 2 aromatic rings. The van der Waals surface area contributed by atoms with Crippen LogP contribution in [0.5, 0.6) is 0 Å². The van der Waals surface area contributed by atoms with Crippen molar-refractivity contribution in [2.45, 2.75) is 33.6 Å². The zero-order valence-corrected chi connectivity index (χ0v) is 11.8. The Morgan fingerprint density at radius 2 is 1.68 bits per heavy atom. The fourth-order valence-corrected chi connectivity index (χ4v) is 2.17. The SMILES string of the molecule is CCc1cccc(CC)c1Nc1ccc(N)c(C)n1. The van der Waals surface area contributed by atoms with Crippen LogP contribution in [0.25, 0.3) is 0 Å². The highest BCUT2D eigenvalue weighted by atomic mass is 15.0. The Hall–Kier alpha value is -2.03. The van der Waals surface area contributed by atoms with Crippen LogP contribution in [0.15, 0.2) is 30.3 Å². The van der Waals surface area contributed by atoms with Crippen molar-refractivity contribution in [1.82, 2.24) is 4.98 Å². The van der Waals surface area contributed by atoms with Gasteiger partial charge in [-0.3, -0.25) is 0 Å². The molecule has 0 aliphatic heterocycles. The largest absolute Gasteiger partial charge is 0.397 e. The minimum Gasteiger partial charge on any atom is -0.397 e. The van der Waals surface area contributed by atoms with Crippen molar-refractivity contribution in [3.63, 3.8) is 0 Å². The predicted octanol–water partition coefficient (Wildman–Crippen LogP) is 3.84. The molecule has 1 aromatic carbocycles. The zero-order valence-electron chi connectivity index (χ0n) is 11.8. The van der Waals surface area contributed by atoms with E-state index in [-0.39, 0.29) is 0 Å². The molecule has 0 amide bonds. The molecule has 0 saturated heterocycles. The summed E-state index contributed by atoms with van der Waals surface area (Å²) in [6, 6.07) is 10.3. The van der Waals surface area contributed by atoms with Gasteiger partial charge in [-0.25, -0.2) is 4.98 Å². The molecule has 0 bridgehead atoms. The number of anilines is 3. The van der Waals surface area contributed by atoms with Gasteiger partial charge in [0.05, 0.1) is 11.4 Å². The van der Waals surface area contributed by atoms with Crippen LogP contribution >= 0.6 is 0 Å². The third kappa shape index (κ3) is 2.87. The van der Waals surface area contributed by atoms with E-state index in [0.717, 1.165) is 30.0 Å². The molecule has 0 radical (unpaired) electrons. The van der Waals surface area contributed by atoms with Crippen LogP contribution in [0.3, 0.4) is 0 Å². The fraction of sp³-hybridized carbons (Fsp3) is 0.312. The number of rotatable bonds is 4. The normalized spacial score (nSPS) is 10.5. The second-order valence-corrected chi connectivity index (χ2v) is 4.65. The van der Waals surface area contributed by atoms with Gasteiger partial charge in [-0.1, -0.05) is 32.0 Å². The molecule has 3 nitrogen and oxygen atoms in total. The highest BCUT2D eigenvalue weighted by Crippen LogP contribution is 2.26. The van der Waals surface area contributed by atoms with Gasteiger partial charge in [0.1, 0.15) is 5.82 Å². The van der Waals surface area contributed by atoms with E-state index in [1.54, 1.807) is 0 Å². The number of hydrogen-bond donors (Lipinski definition) is 2. The summed E-state index contributed by atoms with van der Waals surface area (Å²) < 4.78 is 0. The van der Waals surface area contributed by atoms with Gasteiger partial charge < -0.3 is 11.1 Å². The number of aryl methyl sites for hydroxylation is 3. The first-order valence-electron chi connectivity index (χ1n) is 6.76. The Kier molecular flexibility index (Phi) is 4.05. The van der Waals surface area contributed by atoms with Gasteiger partial charge in [0.2, 0.25) is 0 Å². The number of nitrogens with zero attached hydrogens (tertiary/aromatic N) is 1. The number of pyridine rings is 1. The lowest BCUT2D eigenvalue weighted by molar-refractivity contribution is 1.08. The number of nitrogen functional groups attached to an aromatic ring is 1. The highest BCUT2D eigenvalue weighted by molar-refractivity contribution is 5.66. The monoisotopic (exact) mass is 255 g/mol. The van der Waals surface area contributed by atoms with Crippen molar-refractivity contribution in [2.24, 2.45) is 0 Å². The topological polar surface area (TPSA) is 50.9 Å². The average Bonchev–Trinajstić information content (AvgIpc) is 2.43. The van der Waals surface area contributed by atoms with Crippen LogP contribution in [0.1, 0.15) is 30.7 Å². The summed E-state index contributed by atoms with van der Waals surface area (Å²) in [5, 5.41) is 3.44. The van der Waals surface area contributed by atoms with E-state index < -0.39 is 0 Å². The molecule has 0 atom stereocenters. The predicted molar refractivity (Wildman–Crippen MR) is 81.9 cm³/mol. The summed E-state index contributed by atoms with van der Waals surface area (Å²) in [5.74, 6) is 0.849. The van der Waals surface area contributed by atoms with Crippen LogP contribution in [-0.4, -0.2) is 4.98 Å². The summed E-state index contributed by atoms with van der Waals surface area (Å²) in [5.41, 5.74) is 11.2. The molecule has 19 heavy (non-hydrogen) atoms. The fourth-order valence-electron chi connectivity index (χ4n) is 2.17. The third-order valence-electron chi connectivity index (χ3n) is 3.38. The van der Waals surface area contributed by atoms with E-state index in [0.29, 0.717) is 0 Å². The van der Waals surface area contributed by atoms with E-state index >= 15 is 0 Å². The summed E-state index contributed by atoms with van der Waals surface area (Å²) in [6.07, 6.45) is 2.01. The van der Waals surface area contributed by atoms with Crippen molar-refractivity contribution in [3.8, 4) is 0 Å². The molecule has 0 saturated carbocycles. The lowest BCUT2D eigenvalue weighted by atomic mass is 10.0. The third-order valence-corrected chi connectivity index (χ3v) is 3.38. The van der Waals surface area contributed by atoms with Gasteiger partial charge in [-0.15, -0.1) is 0 Å². The van der Waals surface area contributed by atoms with Crippen molar-refractivity contribution in [3.05, 3.63) is 47.2 Å². The molecule has 2 rings (SSSR count). The van der Waals surface area contributed by atoms with Crippen LogP contribution in [0.2, 0.25) is 0 Å². The summed E-state index contributed by atoms with van der Waals surface area (Å²) >= 11 is 0. The number of nitrogens with two attached hydrogens (primary N) is 1. The van der Waals surface area contributed by atoms with Gasteiger partial charge in [0, 0.05) is 5.69 Å². The first-order chi connectivity index (χ1) is 9.15. The maximum absolute atomic E-state index is 5.80. The Morgan fingerprint density at radius 3 is 2.21 bits per heavy atom. The average molecular weight is 255 g/mol. The number of benzene rings is 1. The minimum atomic E-state index is 0.727. The molecule has 0 aliphatic carbocycles. The first-order valence-corrected chi connectivity index (χ1v) is 6.76. The van der Waals surface area contributed by atoms with Crippen molar-refractivity contribution >= 4 is 17.2 Å². The van der Waals surface area contributed by atoms with Crippen LogP contribution in [0, 0.1) is 6.92 Å². The summed E-state index contributed by atoms with van der Waals surface area (Å²) in [4.78, 5) is 4.48.